The van der Waals surface area contributed by atoms with E-state index in [1.54, 1.807) is 44.3 Å². The van der Waals surface area contributed by atoms with E-state index in [2.05, 4.69) is 22.2 Å². The van der Waals surface area contributed by atoms with Crippen molar-refractivity contribution in [2.75, 3.05) is 57.7 Å². The highest BCUT2D eigenvalue weighted by Crippen LogP contribution is 2.29. The van der Waals surface area contributed by atoms with Crippen molar-refractivity contribution in [2.24, 2.45) is 0 Å². The maximum Gasteiger partial charge on any atom is 0.244 e. The standard InChI is InChI=1S/C24H30N6O4S/c1-4-35-24-27-22(29-11-13-34-14-12-29)18-16-26-30(23(18)28-24)10-9-25-21(31)8-6-17-5-7-19(32-2)20(15-17)33-3/h5-8,15-16H,4,9-14H2,1-3H3,(H,25,31). The van der Waals surface area contributed by atoms with Crippen molar-refractivity contribution in [3.8, 4) is 11.5 Å². The van der Waals surface area contributed by atoms with Gasteiger partial charge < -0.3 is 24.4 Å². The molecule has 10 nitrogen and oxygen atoms in total. The lowest BCUT2D eigenvalue weighted by Gasteiger charge is -2.28. The molecule has 1 amide bonds. The van der Waals surface area contributed by atoms with Gasteiger partial charge in [-0.25, -0.2) is 14.6 Å². The number of fused-ring (bicyclic) bond motifs is 1. The fraction of sp³-hybridized carbons (Fsp3) is 0.417. The largest absolute Gasteiger partial charge is 0.493 e. The number of hydrogen-bond acceptors (Lipinski definition) is 9. The number of morpholine rings is 1. The molecule has 0 saturated carbocycles. The summed E-state index contributed by atoms with van der Waals surface area (Å²) in [6.07, 6.45) is 5.03. The van der Waals surface area contributed by atoms with Gasteiger partial charge in [0.25, 0.3) is 0 Å². The summed E-state index contributed by atoms with van der Waals surface area (Å²) in [5.41, 5.74) is 1.61. The van der Waals surface area contributed by atoms with Crippen molar-refractivity contribution in [2.45, 2.75) is 18.6 Å². The molecule has 0 atom stereocenters. The first-order valence-corrected chi connectivity index (χ1v) is 12.5. The lowest BCUT2D eigenvalue weighted by atomic mass is 10.2. The fourth-order valence-electron chi connectivity index (χ4n) is 3.77. The number of nitrogens with zero attached hydrogens (tertiary/aromatic N) is 5. The molecule has 186 valence electrons. The van der Waals surface area contributed by atoms with Crippen LogP contribution in [0.2, 0.25) is 0 Å². The molecule has 3 heterocycles. The molecule has 1 aliphatic rings. The lowest BCUT2D eigenvalue weighted by Crippen LogP contribution is -2.37. The van der Waals surface area contributed by atoms with Crippen LogP contribution in [0.4, 0.5) is 5.82 Å². The zero-order chi connectivity index (χ0) is 24.6. The smallest absolute Gasteiger partial charge is 0.244 e. The predicted molar refractivity (Wildman–Crippen MR) is 136 cm³/mol. The highest BCUT2D eigenvalue weighted by molar-refractivity contribution is 7.99. The maximum absolute atomic E-state index is 12.4. The molecule has 0 bridgehead atoms. The topological polar surface area (TPSA) is 104 Å². The molecule has 1 fully saturated rings. The molecule has 0 radical (unpaired) electrons. The number of nitrogens with one attached hydrogen (secondary N) is 1. The summed E-state index contributed by atoms with van der Waals surface area (Å²) in [4.78, 5) is 24.1. The summed E-state index contributed by atoms with van der Waals surface area (Å²) in [6, 6.07) is 5.48. The van der Waals surface area contributed by atoms with Gasteiger partial charge in [-0.2, -0.15) is 5.10 Å². The molecule has 3 aromatic rings. The van der Waals surface area contributed by atoms with Crippen LogP contribution in [0.5, 0.6) is 11.5 Å². The minimum absolute atomic E-state index is 0.192. The van der Waals surface area contributed by atoms with Crippen molar-refractivity contribution in [1.29, 1.82) is 0 Å². The van der Waals surface area contributed by atoms with Crippen LogP contribution in [0.15, 0.2) is 35.6 Å². The molecule has 2 aromatic heterocycles. The number of anilines is 1. The highest BCUT2D eigenvalue weighted by Gasteiger charge is 2.20. The number of aromatic nitrogens is 4. The molecule has 11 heteroatoms. The third kappa shape index (κ3) is 6.04. The number of amides is 1. The Labute approximate surface area is 208 Å². The first-order chi connectivity index (χ1) is 17.1. The van der Waals surface area contributed by atoms with Crippen LogP contribution in [-0.4, -0.2) is 78.5 Å². The van der Waals surface area contributed by atoms with E-state index in [4.69, 9.17) is 24.2 Å². The molecular weight excluding hydrogens is 468 g/mol. The normalized spacial score (nSPS) is 14.0. The van der Waals surface area contributed by atoms with Gasteiger partial charge >= 0.3 is 0 Å². The Morgan fingerprint density at radius 1 is 1.20 bits per heavy atom. The van der Waals surface area contributed by atoms with Crippen LogP contribution in [0.25, 0.3) is 17.1 Å². The van der Waals surface area contributed by atoms with E-state index in [0.717, 1.165) is 46.4 Å². The number of rotatable bonds is 10. The lowest BCUT2D eigenvalue weighted by molar-refractivity contribution is -0.116. The molecule has 1 saturated heterocycles. The quantitative estimate of drug-likeness (QED) is 0.257. The Morgan fingerprint density at radius 3 is 2.74 bits per heavy atom. The minimum atomic E-state index is -0.192. The van der Waals surface area contributed by atoms with Gasteiger partial charge in [-0.15, -0.1) is 0 Å². The van der Waals surface area contributed by atoms with Gasteiger partial charge in [-0.3, -0.25) is 4.79 Å². The van der Waals surface area contributed by atoms with Gasteiger partial charge in [0.15, 0.2) is 22.3 Å². The zero-order valence-electron chi connectivity index (χ0n) is 20.2. The van der Waals surface area contributed by atoms with E-state index in [9.17, 15) is 4.79 Å². The second-order valence-corrected chi connectivity index (χ2v) is 8.94. The molecule has 4 rings (SSSR count). The number of carbonyl (C=O) groups is 1. The van der Waals surface area contributed by atoms with Crippen LogP contribution in [0.1, 0.15) is 12.5 Å². The summed E-state index contributed by atoms with van der Waals surface area (Å²) in [5, 5.41) is 9.07. The van der Waals surface area contributed by atoms with Gasteiger partial charge in [0.05, 0.1) is 45.6 Å². The molecule has 1 aromatic carbocycles. The van der Waals surface area contributed by atoms with E-state index in [0.29, 0.717) is 37.8 Å². The third-order valence-corrected chi connectivity index (χ3v) is 6.23. The number of ether oxygens (including phenoxy) is 3. The Morgan fingerprint density at radius 2 is 2.00 bits per heavy atom. The first kappa shape index (κ1) is 24.8. The van der Waals surface area contributed by atoms with Crippen molar-refractivity contribution in [1.82, 2.24) is 25.1 Å². The number of methoxy groups -OCH3 is 2. The molecule has 0 spiro atoms. The van der Waals surface area contributed by atoms with E-state index < -0.39 is 0 Å². The van der Waals surface area contributed by atoms with Crippen LogP contribution >= 0.6 is 11.8 Å². The molecule has 35 heavy (non-hydrogen) atoms. The second-order valence-electron chi connectivity index (χ2n) is 7.71. The maximum atomic E-state index is 12.4. The Balaban J connectivity index is 1.42. The molecule has 0 aliphatic carbocycles. The third-order valence-electron chi connectivity index (χ3n) is 5.50. The van der Waals surface area contributed by atoms with Gasteiger partial charge in [-0.1, -0.05) is 24.8 Å². The Bertz CT molecular complexity index is 1190. The molecule has 1 aliphatic heterocycles. The Kier molecular flexibility index (Phi) is 8.43. The van der Waals surface area contributed by atoms with E-state index in [-0.39, 0.29) is 5.91 Å². The molecule has 1 N–H and O–H groups in total. The number of benzene rings is 1. The van der Waals surface area contributed by atoms with E-state index >= 15 is 0 Å². The van der Waals surface area contributed by atoms with Crippen molar-refractivity contribution in [3.63, 3.8) is 0 Å². The number of thioether (sulfide) groups is 1. The minimum Gasteiger partial charge on any atom is -0.493 e. The van der Waals surface area contributed by atoms with Gasteiger partial charge in [-0.05, 0) is 29.5 Å². The number of hydrogen-bond donors (Lipinski definition) is 1. The zero-order valence-corrected chi connectivity index (χ0v) is 21.0. The second kappa shape index (κ2) is 11.9. The van der Waals surface area contributed by atoms with E-state index in [1.807, 2.05) is 16.8 Å². The van der Waals surface area contributed by atoms with Crippen LogP contribution in [-0.2, 0) is 16.1 Å². The Hall–Kier alpha value is -3.31. The average Bonchev–Trinajstić information content (AvgIpc) is 3.30. The summed E-state index contributed by atoms with van der Waals surface area (Å²) in [5.74, 6) is 2.83. The average molecular weight is 499 g/mol. The summed E-state index contributed by atoms with van der Waals surface area (Å²) in [7, 11) is 3.16. The summed E-state index contributed by atoms with van der Waals surface area (Å²) >= 11 is 1.60. The fourth-order valence-corrected chi connectivity index (χ4v) is 4.33. The van der Waals surface area contributed by atoms with Crippen LogP contribution < -0.4 is 19.7 Å². The molecule has 0 unspecified atom stereocenters. The first-order valence-electron chi connectivity index (χ1n) is 11.5. The van der Waals surface area contributed by atoms with Crippen LogP contribution in [0.3, 0.4) is 0 Å². The highest BCUT2D eigenvalue weighted by atomic mass is 32.2. The van der Waals surface area contributed by atoms with Crippen molar-refractivity contribution in [3.05, 3.63) is 36.0 Å². The molecular formula is C24H30N6O4S. The monoisotopic (exact) mass is 498 g/mol. The number of carbonyl (C=O) groups excluding carboxylic acids is 1. The SMILES string of the molecule is CCSc1nc(N2CCOCC2)c2cnn(CCNC(=O)C=Cc3ccc(OC)c(OC)c3)c2n1. The van der Waals surface area contributed by atoms with E-state index in [1.165, 1.54) is 6.08 Å². The van der Waals surface area contributed by atoms with Crippen molar-refractivity contribution >= 4 is 40.6 Å². The predicted octanol–water partition coefficient (Wildman–Crippen LogP) is 2.62. The van der Waals surface area contributed by atoms with Crippen molar-refractivity contribution < 1.29 is 19.0 Å². The van der Waals surface area contributed by atoms with Gasteiger partial charge in [0.1, 0.15) is 5.82 Å². The van der Waals surface area contributed by atoms with Gasteiger partial charge in [0, 0.05) is 25.7 Å². The van der Waals surface area contributed by atoms with Gasteiger partial charge in [0.2, 0.25) is 5.91 Å². The summed E-state index contributed by atoms with van der Waals surface area (Å²) < 4.78 is 17.9. The van der Waals surface area contributed by atoms with Crippen LogP contribution in [0, 0.1) is 0 Å². The summed E-state index contributed by atoms with van der Waals surface area (Å²) in [6.45, 7) is 5.92.